The number of hydrogen-bond acceptors (Lipinski definition) is 4. The van der Waals surface area contributed by atoms with Crippen LogP contribution in [-0.4, -0.2) is 26.2 Å². The number of rotatable bonds is 2. The Labute approximate surface area is 118 Å². The van der Waals surface area contributed by atoms with E-state index in [1.807, 2.05) is 0 Å². The fraction of sp³-hybridized carbons (Fsp3) is 0.625. The van der Waals surface area contributed by atoms with Gasteiger partial charge in [0.2, 0.25) is 0 Å². The van der Waals surface area contributed by atoms with Gasteiger partial charge >= 0.3 is 11.9 Å². The van der Waals surface area contributed by atoms with Crippen LogP contribution in [0.1, 0.15) is 13.8 Å². The van der Waals surface area contributed by atoms with E-state index in [0.717, 1.165) is 0 Å². The Morgan fingerprint density at radius 1 is 0.850 bits per heavy atom. The van der Waals surface area contributed by atoms with Crippen LogP contribution in [0.5, 0.6) is 0 Å². The number of esters is 2. The second-order valence-corrected chi connectivity index (χ2v) is 6.06. The maximum Gasteiger partial charge on any atom is 0.310 e. The smallest absolute Gasteiger partial charge is 0.310 e. The molecule has 0 heterocycles. The van der Waals surface area contributed by atoms with E-state index in [1.165, 1.54) is 25.4 Å². The van der Waals surface area contributed by atoms with Gasteiger partial charge in [-0.05, 0) is 37.5 Å². The van der Waals surface area contributed by atoms with Crippen LogP contribution in [0.25, 0.3) is 0 Å². The molecule has 0 aliphatic heterocycles. The highest BCUT2D eigenvalue weighted by atomic mass is 16.5. The lowest BCUT2D eigenvalue weighted by atomic mass is 9.45. The van der Waals surface area contributed by atoms with Gasteiger partial charge in [0, 0.05) is 0 Å². The van der Waals surface area contributed by atoms with Crippen molar-refractivity contribution < 1.29 is 19.1 Å². The Kier molecular flexibility index (Phi) is 3.00. The fourth-order valence-electron chi connectivity index (χ4n) is 4.57. The summed E-state index contributed by atoms with van der Waals surface area (Å²) in [5.74, 6) is -0.523. The molecule has 0 aromatic carbocycles. The zero-order chi connectivity index (χ0) is 14.6. The molecule has 0 amide bonds. The average molecular weight is 276 g/mol. The minimum absolute atomic E-state index is 0.0604. The van der Waals surface area contributed by atoms with E-state index >= 15 is 0 Å². The molecule has 4 aliphatic carbocycles. The molecule has 0 radical (unpaired) electrons. The molecule has 0 saturated heterocycles. The Morgan fingerprint density at radius 3 is 1.50 bits per heavy atom. The molecule has 20 heavy (non-hydrogen) atoms. The lowest BCUT2D eigenvalue weighted by Gasteiger charge is -2.57. The van der Waals surface area contributed by atoms with Gasteiger partial charge in [0.25, 0.3) is 0 Å². The van der Waals surface area contributed by atoms with E-state index in [4.69, 9.17) is 9.47 Å². The predicted octanol–water partition coefficient (Wildman–Crippen LogP) is 1.96. The van der Waals surface area contributed by atoms with Crippen LogP contribution in [0.4, 0.5) is 0 Å². The monoisotopic (exact) mass is 276 g/mol. The number of allylic oxidation sites excluding steroid dienone is 4. The summed E-state index contributed by atoms with van der Waals surface area (Å²) in [6.45, 7) is 4.26. The number of hydrogen-bond donors (Lipinski definition) is 0. The summed E-state index contributed by atoms with van der Waals surface area (Å²) >= 11 is 0. The van der Waals surface area contributed by atoms with Crippen LogP contribution < -0.4 is 0 Å². The minimum atomic E-state index is -0.410. The van der Waals surface area contributed by atoms with Gasteiger partial charge in [-0.15, -0.1) is 0 Å². The van der Waals surface area contributed by atoms with Crippen molar-refractivity contribution >= 4 is 11.9 Å². The van der Waals surface area contributed by atoms with E-state index < -0.39 is 11.8 Å². The van der Waals surface area contributed by atoms with Crippen molar-refractivity contribution in [3.8, 4) is 0 Å². The molecule has 0 unspecified atom stereocenters. The van der Waals surface area contributed by atoms with Crippen molar-refractivity contribution in [1.82, 2.24) is 0 Å². The number of fused-ring (bicyclic) bond motifs is 1. The second-order valence-electron chi connectivity index (χ2n) is 6.06. The summed E-state index contributed by atoms with van der Waals surface area (Å²) in [5, 5.41) is 0. The van der Waals surface area contributed by atoms with Crippen molar-refractivity contribution in [2.24, 2.45) is 35.5 Å². The quantitative estimate of drug-likeness (QED) is 0.571. The SMILES string of the molecule is COC(=O)[C@@H]1[C@H]2C=C[C@@H]([C@H]3C(C)=C(C)[C@@H]23)[C@@H]1C(=O)OC. The van der Waals surface area contributed by atoms with Crippen LogP contribution in [0, 0.1) is 35.5 Å². The predicted molar refractivity (Wildman–Crippen MR) is 72.5 cm³/mol. The van der Waals surface area contributed by atoms with Crippen LogP contribution in [0.15, 0.2) is 23.3 Å². The van der Waals surface area contributed by atoms with Crippen LogP contribution in [0.2, 0.25) is 0 Å². The first-order chi connectivity index (χ1) is 9.52. The molecule has 4 aliphatic rings. The molecular formula is C16H20O4. The van der Waals surface area contributed by atoms with E-state index in [2.05, 4.69) is 26.0 Å². The Balaban J connectivity index is 2.04. The summed E-state index contributed by atoms with van der Waals surface area (Å²) in [7, 11) is 2.77. The second kappa shape index (κ2) is 4.47. The van der Waals surface area contributed by atoms with Gasteiger partial charge in [-0.2, -0.15) is 0 Å². The average Bonchev–Trinajstić information content (AvgIpc) is 2.50. The molecule has 0 aromatic heterocycles. The zero-order valence-corrected chi connectivity index (χ0v) is 12.3. The van der Waals surface area contributed by atoms with Crippen LogP contribution in [-0.2, 0) is 19.1 Å². The molecule has 2 bridgehead atoms. The first-order valence-electron chi connectivity index (χ1n) is 7.04. The molecule has 4 heteroatoms. The van der Waals surface area contributed by atoms with Crippen molar-refractivity contribution in [2.75, 3.05) is 14.2 Å². The third-order valence-corrected chi connectivity index (χ3v) is 5.56. The maximum atomic E-state index is 12.2. The van der Waals surface area contributed by atoms with Crippen LogP contribution >= 0.6 is 0 Å². The fourth-order valence-corrected chi connectivity index (χ4v) is 4.57. The van der Waals surface area contributed by atoms with E-state index in [9.17, 15) is 9.59 Å². The van der Waals surface area contributed by atoms with Crippen molar-refractivity contribution in [2.45, 2.75) is 13.8 Å². The number of carbonyl (C=O) groups is 2. The molecule has 108 valence electrons. The molecule has 0 N–H and O–H groups in total. The highest BCUT2D eigenvalue weighted by Gasteiger charge is 2.61. The largest absolute Gasteiger partial charge is 0.469 e. The van der Waals surface area contributed by atoms with Gasteiger partial charge in [-0.1, -0.05) is 23.3 Å². The summed E-state index contributed by atoms with van der Waals surface area (Å²) in [6.07, 6.45) is 4.20. The van der Waals surface area contributed by atoms with E-state index in [0.29, 0.717) is 11.8 Å². The topological polar surface area (TPSA) is 52.6 Å². The summed E-state index contributed by atoms with van der Waals surface area (Å²) < 4.78 is 9.88. The molecule has 1 fully saturated rings. The van der Waals surface area contributed by atoms with Crippen molar-refractivity contribution in [3.63, 3.8) is 0 Å². The molecule has 6 atom stereocenters. The molecule has 4 nitrogen and oxygen atoms in total. The Morgan fingerprint density at radius 2 is 1.20 bits per heavy atom. The van der Waals surface area contributed by atoms with Gasteiger partial charge in [-0.25, -0.2) is 0 Å². The van der Waals surface area contributed by atoms with Gasteiger partial charge in [-0.3, -0.25) is 9.59 Å². The lowest BCUT2D eigenvalue weighted by molar-refractivity contribution is -0.168. The first-order valence-corrected chi connectivity index (χ1v) is 7.04. The van der Waals surface area contributed by atoms with Gasteiger partial charge in [0.05, 0.1) is 26.1 Å². The van der Waals surface area contributed by atoms with E-state index in [1.54, 1.807) is 0 Å². The normalized spacial score (nSPS) is 41.0. The summed E-state index contributed by atoms with van der Waals surface area (Å²) in [4.78, 5) is 24.3. The highest BCUT2D eigenvalue weighted by Crippen LogP contribution is 2.61. The molecular weight excluding hydrogens is 256 g/mol. The number of ether oxygens (including phenoxy) is 2. The Bertz CT molecular complexity index is 485. The molecule has 4 rings (SSSR count). The Hall–Kier alpha value is -1.58. The highest BCUT2D eigenvalue weighted by molar-refractivity contribution is 5.84. The standard InChI is InChI=1S/C16H20O4/c1-7-8(2)12-10-6-5-9(11(7)12)13(15(17)19-3)14(10)16(18)20-4/h5-6,9-14H,1-4H3/t9-,10-,11-,12+,13+,14-/m0/s1. The maximum absolute atomic E-state index is 12.2. The zero-order valence-electron chi connectivity index (χ0n) is 12.3. The minimum Gasteiger partial charge on any atom is -0.469 e. The van der Waals surface area contributed by atoms with Gasteiger partial charge in [0.15, 0.2) is 0 Å². The number of carbonyl (C=O) groups excluding carboxylic acids is 2. The first kappa shape index (κ1) is 13.4. The van der Waals surface area contributed by atoms with E-state index in [-0.39, 0.29) is 23.8 Å². The number of methoxy groups -OCH3 is 2. The van der Waals surface area contributed by atoms with Gasteiger partial charge < -0.3 is 9.47 Å². The van der Waals surface area contributed by atoms with Crippen molar-refractivity contribution in [1.29, 1.82) is 0 Å². The summed E-state index contributed by atoms with van der Waals surface area (Å²) in [6, 6.07) is 0. The van der Waals surface area contributed by atoms with Crippen molar-refractivity contribution in [3.05, 3.63) is 23.3 Å². The third-order valence-electron chi connectivity index (χ3n) is 5.56. The lowest BCUT2D eigenvalue weighted by Crippen LogP contribution is -2.57. The molecule has 0 spiro atoms. The summed E-state index contributed by atoms with van der Waals surface area (Å²) in [5.41, 5.74) is 2.73. The van der Waals surface area contributed by atoms with Gasteiger partial charge in [0.1, 0.15) is 0 Å². The van der Waals surface area contributed by atoms with Crippen LogP contribution in [0.3, 0.4) is 0 Å². The third kappa shape index (κ3) is 1.48. The molecule has 0 aromatic rings. The molecule has 1 saturated carbocycles.